The molecular formula is C26H25FN4OS. The Morgan fingerprint density at radius 3 is 2.33 bits per heavy atom. The molecule has 4 aromatic rings. The summed E-state index contributed by atoms with van der Waals surface area (Å²) in [5.41, 5.74) is 5.50. The fraction of sp³-hybridized carbons (Fsp3) is 0.192. The highest BCUT2D eigenvalue weighted by Crippen LogP contribution is 2.31. The SMILES string of the molecule is Cc1cc(C)c(NC(=O)[C@@H](C)Sc2nnc(-c3cccc(F)c3)n2-c2ccccc2)c(C)c1. The molecule has 1 heterocycles. The highest BCUT2D eigenvalue weighted by Gasteiger charge is 2.23. The van der Waals surface area contributed by atoms with Gasteiger partial charge < -0.3 is 5.32 Å². The van der Waals surface area contributed by atoms with E-state index >= 15 is 0 Å². The van der Waals surface area contributed by atoms with Crippen molar-refractivity contribution < 1.29 is 9.18 Å². The molecule has 4 rings (SSSR count). The first-order valence-corrected chi connectivity index (χ1v) is 11.5. The van der Waals surface area contributed by atoms with Gasteiger partial charge in [0.2, 0.25) is 5.91 Å². The zero-order valence-corrected chi connectivity index (χ0v) is 19.8. The molecule has 0 unspecified atom stereocenters. The number of benzene rings is 3. The second-order valence-electron chi connectivity index (χ2n) is 8.01. The van der Waals surface area contributed by atoms with Crippen LogP contribution in [0.5, 0.6) is 0 Å². The average Bonchev–Trinajstić information content (AvgIpc) is 3.20. The Morgan fingerprint density at radius 2 is 1.67 bits per heavy atom. The van der Waals surface area contributed by atoms with Gasteiger partial charge in [-0.3, -0.25) is 9.36 Å². The fourth-order valence-corrected chi connectivity index (χ4v) is 4.65. The van der Waals surface area contributed by atoms with Crippen LogP contribution in [0.3, 0.4) is 0 Å². The standard InChI is InChI=1S/C26H25FN4OS/c1-16-13-17(2)23(18(3)14-16)28-25(32)19(4)33-26-30-29-24(20-9-8-10-21(27)15-20)31(26)22-11-6-5-7-12-22/h5-15,19H,1-4H3,(H,28,32)/t19-/m1/s1. The first kappa shape index (κ1) is 22.7. The Morgan fingerprint density at radius 1 is 0.970 bits per heavy atom. The van der Waals surface area contributed by atoms with E-state index in [-0.39, 0.29) is 11.7 Å². The molecule has 1 amide bonds. The summed E-state index contributed by atoms with van der Waals surface area (Å²) in [6, 6.07) is 20.0. The minimum Gasteiger partial charge on any atom is -0.325 e. The van der Waals surface area contributed by atoms with E-state index in [9.17, 15) is 9.18 Å². The third-order valence-electron chi connectivity index (χ3n) is 5.31. The molecule has 33 heavy (non-hydrogen) atoms. The molecule has 0 aliphatic carbocycles. The van der Waals surface area contributed by atoms with Crippen molar-refractivity contribution in [2.24, 2.45) is 0 Å². The largest absolute Gasteiger partial charge is 0.325 e. The third-order valence-corrected chi connectivity index (χ3v) is 6.35. The minimum absolute atomic E-state index is 0.120. The lowest BCUT2D eigenvalue weighted by atomic mass is 10.1. The van der Waals surface area contributed by atoms with Crippen molar-refractivity contribution in [2.75, 3.05) is 5.32 Å². The predicted octanol–water partition coefficient (Wildman–Crippen LogP) is 6.12. The van der Waals surface area contributed by atoms with Gasteiger partial charge in [0.25, 0.3) is 0 Å². The number of nitrogens with zero attached hydrogens (tertiary/aromatic N) is 3. The number of aromatic nitrogens is 3. The van der Waals surface area contributed by atoms with Gasteiger partial charge in [-0.25, -0.2) is 4.39 Å². The van der Waals surface area contributed by atoms with Gasteiger partial charge >= 0.3 is 0 Å². The van der Waals surface area contributed by atoms with E-state index in [1.165, 1.54) is 23.9 Å². The zero-order valence-electron chi connectivity index (χ0n) is 19.0. The quantitative estimate of drug-likeness (QED) is 0.352. The number of para-hydroxylation sites is 1. The maximum atomic E-state index is 13.9. The van der Waals surface area contributed by atoms with E-state index in [1.807, 2.05) is 62.6 Å². The number of thioether (sulfide) groups is 1. The number of nitrogens with one attached hydrogen (secondary N) is 1. The van der Waals surface area contributed by atoms with Gasteiger partial charge in [-0.15, -0.1) is 10.2 Å². The smallest absolute Gasteiger partial charge is 0.237 e. The number of carbonyl (C=O) groups excluding carboxylic acids is 1. The van der Waals surface area contributed by atoms with E-state index in [0.29, 0.717) is 16.5 Å². The second kappa shape index (κ2) is 9.58. The first-order valence-electron chi connectivity index (χ1n) is 10.7. The summed E-state index contributed by atoms with van der Waals surface area (Å²) in [4.78, 5) is 13.0. The lowest BCUT2D eigenvalue weighted by Crippen LogP contribution is -2.24. The number of hydrogen-bond donors (Lipinski definition) is 1. The van der Waals surface area contributed by atoms with Crippen LogP contribution in [0.15, 0.2) is 71.9 Å². The third kappa shape index (κ3) is 4.98. The second-order valence-corrected chi connectivity index (χ2v) is 9.32. The van der Waals surface area contributed by atoms with Crippen LogP contribution in [0.4, 0.5) is 10.1 Å². The normalized spacial score (nSPS) is 11.9. The van der Waals surface area contributed by atoms with Gasteiger partial charge in [0.05, 0.1) is 5.25 Å². The predicted molar refractivity (Wildman–Crippen MR) is 131 cm³/mol. The Labute approximate surface area is 197 Å². The van der Waals surface area contributed by atoms with Gasteiger partial charge in [0.15, 0.2) is 11.0 Å². The Balaban J connectivity index is 1.65. The van der Waals surface area contributed by atoms with E-state index in [4.69, 9.17) is 0 Å². The Hall–Kier alpha value is -3.45. The van der Waals surface area contributed by atoms with Crippen molar-refractivity contribution in [1.29, 1.82) is 0 Å². The molecule has 0 saturated carbocycles. The number of amides is 1. The van der Waals surface area contributed by atoms with E-state index in [2.05, 4.69) is 27.6 Å². The molecule has 1 atom stereocenters. The van der Waals surface area contributed by atoms with Crippen LogP contribution < -0.4 is 5.32 Å². The van der Waals surface area contributed by atoms with Crippen LogP contribution in [0, 0.1) is 26.6 Å². The summed E-state index contributed by atoms with van der Waals surface area (Å²) >= 11 is 1.31. The summed E-state index contributed by atoms with van der Waals surface area (Å²) in [5.74, 6) is 0.0481. The van der Waals surface area contributed by atoms with Crippen LogP contribution in [0.25, 0.3) is 17.1 Å². The zero-order chi connectivity index (χ0) is 23.5. The molecule has 0 aliphatic rings. The average molecular weight is 461 g/mol. The van der Waals surface area contributed by atoms with Crippen molar-refractivity contribution in [2.45, 2.75) is 38.1 Å². The minimum atomic E-state index is -0.433. The summed E-state index contributed by atoms with van der Waals surface area (Å²) in [5, 5.41) is 11.9. The van der Waals surface area contributed by atoms with Crippen LogP contribution in [-0.2, 0) is 4.79 Å². The summed E-state index contributed by atoms with van der Waals surface area (Å²) < 4.78 is 15.7. The fourth-order valence-electron chi connectivity index (χ4n) is 3.78. The molecular weight excluding hydrogens is 435 g/mol. The number of carbonyl (C=O) groups is 1. The lowest BCUT2D eigenvalue weighted by molar-refractivity contribution is -0.115. The Bertz CT molecular complexity index is 1280. The van der Waals surface area contributed by atoms with Crippen molar-refractivity contribution in [1.82, 2.24) is 14.8 Å². The van der Waals surface area contributed by atoms with Crippen LogP contribution >= 0.6 is 11.8 Å². The number of aryl methyl sites for hydroxylation is 3. The number of anilines is 1. The van der Waals surface area contributed by atoms with Gasteiger partial charge in [0, 0.05) is 16.9 Å². The summed E-state index contributed by atoms with van der Waals surface area (Å²) in [6.07, 6.45) is 0. The molecule has 3 aromatic carbocycles. The van der Waals surface area contributed by atoms with E-state index < -0.39 is 5.25 Å². The van der Waals surface area contributed by atoms with Crippen molar-refractivity contribution in [3.05, 3.63) is 89.2 Å². The molecule has 0 radical (unpaired) electrons. The molecule has 1 aromatic heterocycles. The Kier molecular flexibility index (Phi) is 6.60. The van der Waals surface area contributed by atoms with E-state index in [1.54, 1.807) is 12.1 Å². The highest BCUT2D eigenvalue weighted by atomic mass is 32.2. The molecule has 0 spiro atoms. The number of hydrogen-bond acceptors (Lipinski definition) is 4. The molecule has 7 heteroatoms. The molecule has 0 saturated heterocycles. The molecule has 0 aliphatic heterocycles. The molecule has 0 bridgehead atoms. The molecule has 168 valence electrons. The monoisotopic (exact) mass is 460 g/mol. The number of halogens is 1. The molecule has 5 nitrogen and oxygen atoms in total. The maximum absolute atomic E-state index is 13.9. The topological polar surface area (TPSA) is 59.8 Å². The summed E-state index contributed by atoms with van der Waals surface area (Å²) in [7, 11) is 0. The summed E-state index contributed by atoms with van der Waals surface area (Å²) in [6.45, 7) is 7.86. The van der Waals surface area contributed by atoms with Gasteiger partial charge in [-0.2, -0.15) is 0 Å². The highest BCUT2D eigenvalue weighted by molar-refractivity contribution is 8.00. The van der Waals surface area contributed by atoms with Crippen LogP contribution in [0.1, 0.15) is 23.6 Å². The van der Waals surface area contributed by atoms with Gasteiger partial charge in [0.1, 0.15) is 5.82 Å². The van der Waals surface area contributed by atoms with Crippen LogP contribution in [0.2, 0.25) is 0 Å². The van der Waals surface area contributed by atoms with E-state index in [0.717, 1.165) is 28.1 Å². The van der Waals surface area contributed by atoms with Crippen molar-refractivity contribution >= 4 is 23.4 Å². The first-order chi connectivity index (χ1) is 15.8. The van der Waals surface area contributed by atoms with Gasteiger partial charge in [-0.05, 0) is 63.1 Å². The maximum Gasteiger partial charge on any atom is 0.237 e. The lowest BCUT2D eigenvalue weighted by Gasteiger charge is -2.16. The van der Waals surface area contributed by atoms with Crippen LogP contribution in [-0.4, -0.2) is 25.9 Å². The van der Waals surface area contributed by atoms with Crippen molar-refractivity contribution in [3.63, 3.8) is 0 Å². The van der Waals surface area contributed by atoms with Crippen molar-refractivity contribution in [3.8, 4) is 17.1 Å². The molecule has 0 fully saturated rings. The van der Waals surface area contributed by atoms with Gasteiger partial charge in [-0.1, -0.05) is 59.8 Å². The molecule has 1 N–H and O–H groups in total. The number of rotatable bonds is 6.